The van der Waals surface area contributed by atoms with E-state index in [1.54, 1.807) is 12.6 Å². The van der Waals surface area contributed by atoms with Crippen LogP contribution in [0.5, 0.6) is 0 Å². The van der Waals surface area contributed by atoms with Gasteiger partial charge in [-0.1, -0.05) is 17.7 Å². The maximum absolute atomic E-state index is 12.1. The van der Waals surface area contributed by atoms with Gasteiger partial charge in [0.05, 0.1) is 11.2 Å². The Hall–Kier alpha value is -2.32. The summed E-state index contributed by atoms with van der Waals surface area (Å²) >= 11 is 7.45. The topological polar surface area (TPSA) is 81.6 Å². The number of aliphatic imine (C=N–C) groups is 1. The smallest absolute Gasteiger partial charge is 0.263 e. The van der Waals surface area contributed by atoms with Gasteiger partial charge < -0.3 is 20.9 Å². The van der Waals surface area contributed by atoms with Crippen LogP contribution in [0.25, 0.3) is 0 Å². The number of aryl methyl sites for hydroxylation is 1. The number of rotatable bonds is 6. The van der Waals surface area contributed by atoms with E-state index < -0.39 is 0 Å². The zero-order chi connectivity index (χ0) is 19.9. The van der Waals surface area contributed by atoms with Crippen LogP contribution in [0.4, 0.5) is 5.69 Å². The number of carbonyl (C=O) groups is 1. The van der Waals surface area contributed by atoms with E-state index in [2.05, 4.69) is 36.9 Å². The quantitative estimate of drug-likeness (QED) is 0.379. The average molecular weight is 421 g/mol. The molecule has 2 heterocycles. The van der Waals surface area contributed by atoms with Crippen LogP contribution in [0.15, 0.2) is 34.8 Å². The molecule has 0 aliphatic carbocycles. The van der Waals surface area contributed by atoms with Gasteiger partial charge in [-0.15, -0.1) is 11.3 Å². The van der Waals surface area contributed by atoms with Gasteiger partial charge in [-0.05, 0) is 31.5 Å². The fourth-order valence-corrected chi connectivity index (χ4v) is 4.03. The van der Waals surface area contributed by atoms with Crippen LogP contribution in [-0.4, -0.2) is 56.1 Å². The second-order valence-corrected chi connectivity index (χ2v) is 7.87. The second kappa shape index (κ2) is 9.75. The molecule has 0 spiro atoms. The summed E-state index contributed by atoms with van der Waals surface area (Å²) in [7, 11) is 1.75. The molecule has 0 bridgehead atoms. The van der Waals surface area contributed by atoms with Crippen molar-refractivity contribution in [3.05, 3.63) is 45.4 Å². The van der Waals surface area contributed by atoms with E-state index in [1.165, 1.54) is 11.3 Å². The molecule has 1 aliphatic heterocycles. The molecule has 0 saturated carbocycles. The lowest BCUT2D eigenvalue weighted by Gasteiger charge is -2.20. The lowest BCUT2D eigenvalue weighted by Crippen LogP contribution is -2.46. The van der Waals surface area contributed by atoms with E-state index in [1.807, 2.05) is 25.1 Å². The fourth-order valence-electron chi connectivity index (χ4n) is 3.13. The highest BCUT2D eigenvalue weighted by Gasteiger charge is 2.23. The first kappa shape index (κ1) is 20.4. The summed E-state index contributed by atoms with van der Waals surface area (Å²) in [5.41, 5.74) is 3.59. The summed E-state index contributed by atoms with van der Waals surface area (Å²) in [4.78, 5) is 23.4. The molecule has 1 atom stereocenters. The zero-order valence-corrected chi connectivity index (χ0v) is 17.6. The number of nitrogens with zero attached hydrogens (tertiary/aromatic N) is 3. The van der Waals surface area contributed by atoms with E-state index in [-0.39, 0.29) is 5.91 Å². The Labute approximate surface area is 174 Å². The predicted molar refractivity (Wildman–Crippen MR) is 116 cm³/mol. The number of hydrogen-bond acceptors (Lipinski definition) is 5. The van der Waals surface area contributed by atoms with E-state index in [9.17, 15) is 4.79 Å². The molecule has 3 rings (SSSR count). The number of guanidine groups is 1. The van der Waals surface area contributed by atoms with Gasteiger partial charge in [0, 0.05) is 50.0 Å². The first-order valence-electron chi connectivity index (χ1n) is 9.23. The van der Waals surface area contributed by atoms with Crippen molar-refractivity contribution < 1.29 is 4.79 Å². The van der Waals surface area contributed by atoms with Crippen LogP contribution in [-0.2, 0) is 0 Å². The van der Waals surface area contributed by atoms with Crippen LogP contribution in [0.3, 0.4) is 0 Å². The summed E-state index contributed by atoms with van der Waals surface area (Å²) < 4.78 is 0. The standard InChI is InChI=1S/C19H25ClN6OS/c1-13-17(28-12-24-13)18(27)22-7-8-23-19(21-2)25-15-6-9-26(11-15)16-5-3-4-14(20)10-16/h3-5,10,12,15H,6-9,11H2,1-2H3,(H,22,27)(H2,21,23,25). The SMILES string of the molecule is CN=C(NCCNC(=O)c1scnc1C)NC1CCN(c2cccc(Cl)c2)C1. The third kappa shape index (κ3) is 5.36. The first-order chi connectivity index (χ1) is 13.6. The third-order valence-electron chi connectivity index (χ3n) is 4.58. The lowest BCUT2D eigenvalue weighted by atomic mass is 10.3. The molecule has 1 saturated heterocycles. The molecule has 1 aromatic heterocycles. The zero-order valence-electron chi connectivity index (χ0n) is 16.0. The van der Waals surface area contributed by atoms with Gasteiger partial charge >= 0.3 is 0 Å². The highest BCUT2D eigenvalue weighted by molar-refractivity contribution is 7.11. The van der Waals surface area contributed by atoms with E-state index in [4.69, 9.17) is 11.6 Å². The van der Waals surface area contributed by atoms with Crippen molar-refractivity contribution in [1.82, 2.24) is 20.9 Å². The van der Waals surface area contributed by atoms with Crippen molar-refractivity contribution in [2.75, 3.05) is 38.1 Å². The molecule has 1 amide bonds. The monoisotopic (exact) mass is 420 g/mol. The summed E-state index contributed by atoms with van der Waals surface area (Å²) in [6.45, 7) is 4.80. The van der Waals surface area contributed by atoms with Crippen molar-refractivity contribution in [3.8, 4) is 0 Å². The van der Waals surface area contributed by atoms with Gasteiger partial charge in [-0.25, -0.2) is 4.98 Å². The highest BCUT2D eigenvalue weighted by Crippen LogP contribution is 2.23. The van der Waals surface area contributed by atoms with Gasteiger partial charge in [0.15, 0.2) is 5.96 Å². The van der Waals surface area contributed by atoms with Gasteiger partial charge in [0.25, 0.3) is 5.91 Å². The Balaban J connectivity index is 1.40. The van der Waals surface area contributed by atoms with E-state index in [0.717, 1.165) is 41.9 Å². The maximum Gasteiger partial charge on any atom is 0.263 e. The summed E-state index contributed by atoms with van der Waals surface area (Å²) in [5.74, 6) is 0.652. The Kier molecular flexibility index (Phi) is 7.11. The molecular weight excluding hydrogens is 396 g/mol. The highest BCUT2D eigenvalue weighted by atomic mass is 35.5. The van der Waals surface area contributed by atoms with Crippen LogP contribution in [0, 0.1) is 6.92 Å². The summed E-state index contributed by atoms with van der Waals surface area (Å²) in [5, 5.41) is 10.3. The molecule has 7 nitrogen and oxygen atoms in total. The van der Waals surface area contributed by atoms with E-state index in [0.29, 0.717) is 24.0 Å². The predicted octanol–water partition coefficient (Wildman–Crippen LogP) is 2.28. The molecule has 0 radical (unpaired) electrons. The number of amides is 1. The van der Waals surface area contributed by atoms with Gasteiger partial charge in [0.2, 0.25) is 0 Å². The largest absolute Gasteiger partial charge is 0.369 e. The molecule has 1 aromatic carbocycles. The van der Waals surface area contributed by atoms with Crippen LogP contribution < -0.4 is 20.9 Å². The number of nitrogens with one attached hydrogen (secondary N) is 3. The third-order valence-corrected chi connectivity index (χ3v) is 5.74. The molecule has 28 heavy (non-hydrogen) atoms. The Morgan fingerprint density at radius 3 is 2.93 bits per heavy atom. The molecule has 1 aliphatic rings. The van der Waals surface area contributed by atoms with Crippen molar-refractivity contribution in [2.24, 2.45) is 4.99 Å². The number of carbonyl (C=O) groups excluding carboxylic acids is 1. The average Bonchev–Trinajstić information content (AvgIpc) is 3.33. The Morgan fingerprint density at radius 2 is 2.21 bits per heavy atom. The van der Waals surface area contributed by atoms with Crippen molar-refractivity contribution in [2.45, 2.75) is 19.4 Å². The summed E-state index contributed by atoms with van der Waals surface area (Å²) in [6.07, 6.45) is 1.02. The summed E-state index contributed by atoms with van der Waals surface area (Å²) in [6, 6.07) is 8.23. The molecule has 150 valence electrons. The number of benzene rings is 1. The van der Waals surface area contributed by atoms with Gasteiger partial charge in [0.1, 0.15) is 4.88 Å². The fraction of sp³-hybridized carbons (Fsp3) is 0.421. The second-order valence-electron chi connectivity index (χ2n) is 6.58. The van der Waals surface area contributed by atoms with Crippen LogP contribution in [0.2, 0.25) is 5.02 Å². The molecule has 1 unspecified atom stereocenters. The molecule has 2 aromatic rings. The van der Waals surface area contributed by atoms with Crippen LogP contribution >= 0.6 is 22.9 Å². The Morgan fingerprint density at radius 1 is 1.39 bits per heavy atom. The van der Waals surface area contributed by atoms with Crippen molar-refractivity contribution in [1.29, 1.82) is 0 Å². The number of hydrogen-bond donors (Lipinski definition) is 3. The van der Waals surface area contributed by atoms with Gasteiger partial charge in [-0.3, -0.25) is 9.79 Å². The minimum Gasteiger partial charge on any atom is -0.369 e. The van der Waals surface area contributed by atoms with Crippen molar-refractivity contribution >= 4 is 40.5 Å². The van der Waals surface area contributed by atoms with E-state index >= 15 is 0 Å². The first-order valence-corrected chi connectivity index (χ1v) is 10.5. The molecular formula is C19H25ClN6OS. The normalized spacial score (nSPS) is 16.9. The maximum atomic E-state index is 12.1. The number of thiazole rings is 1. The van der Waals surface area contributed by atoms with Gasteiger partial charge in [-0.2, -0.15) is 0 Å². The minimum atomic E-state index is -0.0855. The lowest BCUT2D eigenvalue weighted by molar-refractivity contribution is 0.0957. The Bertz CT molecular complexity index is 839. The van der Waals surface area contributed by atoms with Crippen molar-refractivity contribution in [3.63, 3.8) is 0 Å². The number of halogens is 1. The number of aromatic nitrogens is 1. The molecule has 3 N–H and O–H groups in total. The molecule has 9 heteroatoms. The van der Waals surface area contributed by atoms with Crippen LogP contribution in [0.1, 0.15) is 21.8 Å². The minimum absolute atomic E-state index is 0.0855. The molecule has 1 fully saturated rings. The number of anilines is 1.